The molecule has 0 spiro atoms. The topological polar surface area (TPSA) is 86.3 Å². The third-order valence-corrected chi connectivity index (χ3v) is 5.86. The van der Waals surface area contributed by atoms with E-state index in [0.29, 0.717) is 24.6 Å². The average molecular weight is 301 g/mol. The summed E-state index contributed by atoms with van der Waals surface area (Å²) in [6.45, 7) is 2.94. The fourth-order valence-corrected chi connectivity index (χ4v) is 4.43. The van der Waals surface area contributed by atoms with Crippen molar-refractivity contribution in [2.45, 2.75) is 50.7 Å². The number of H-pyrrole nitrogens is 1. The first kappa shape index (κ1) is 15.5. The molecule has 0 saturated carbocycles. The summed E-state index contributed by atoms with van der Waals surface area (Å²) in [6, 6.07) is 0. The highest BCUT2D eigenvalue weighted by Crippen LogP contribution is 2.26. The Balaban J connectivity index is 2.14. The van der Waals surface area contributed by atoms with Crippen LogP contribution in [0.25, 0.3) is 0 Å². The number of aromatic nitrogens is 2. The maximum Gasteiger partial charge on any atom is 0.260 e. The van der Waals surface area contributed by atoms with Gasteiger partial charge in [0, 0.05) is 18.7 Å². The number of aliphatic hydroxyl groups is 1. The number of hydrogen-bond donors (Lipinski definition) is 2. The van der Waals surface area contributed by atoms with Crippen LogP contribution in [0.3, 0.4) is 0 Å². The Labute approximate surface area is 120 Å². The minimum atomic E-state index is -3.57. The van der Waals surface area contributed by atoms with E-state index in [9.17, 15) is 13.5 Å². The van der Waals surface area contributed by atoms with E-state index in [1.807, 2.05) is 0 Å². The molecule has 1 aliphatic rings. The fraction of sp³-hybridized carbons (Fsp3) is 0.769. The highest BCUT2D eigenvalue weighted by molar-refractivity contribution is 7.89. The van der Waals surface area contributed by atoms with Crippen LogP contribution in [-0.2, 0) is 16.6 Å². The maximum absolute atomic E-state index is 12.6. The Bertz CT molecular complexity index is 527. The minimum absolute atomic E-state index is 0.0361. The lowest BCUT2D eigenvalue weighted by Crippen LogP contribution is -2.33. The van der Waals surface area contributed by atoms with Gasteiger partial charge in [-0.1, -0.05) is 19.8 Å². The van der Waals surface area contributed by atoms with Crippen LogP contribution in [0, 0.1) is 5.92 Å². The van der Waals surface area contributed by atoms with Gasteiger partial charge >= 0.3 is 0 Å². The van der Waals surface area contributed by atoms with Crippen LogP contribution in [0.4, 0.5) is 0 Å². The van der Waals surface area contributed by atoms with E-state index < -0.39 is 10.0 Å². The van der Waals surface area contributed by atoms with Crippen molar-refractivity contribution in [1.82, 2.24) is 14.5 Å². The van der Waals surface area contributed by atoms with Gasteiger partial charge in [0.2, 0.25) is 0 Å². The summed E-state index contributed by atoms with van der Waals surface area (Å²) in [4.78, 5) is 0. The molecule has 20 heavy (non-hydrogen) atoms. The molecule has 0 aromatic carbocycles. The van der Waals surface area contributed by atoms with E-state index in [1.165, 1.54) is 16.9 Å². The monoisotopic (exact) mass is 301 g/mol. The summed E-state index contributed by atoms with van der Waals surface area (Å²) in [6.07, 6.45) is 6.58. The van der Waals surface area contributed by atoms with Crippen LogP contribution >= 0.6 is 0 Å². The van der Waals surface area contributed by atoms with Crippen molar-refractivity contribution in [1.29, 1.82) is 0 Å². The van der Waals surface area contributed by atoms with Crippen LogP contribution in [0.5, 0.6) is 0 Å². The predicted octanol–water partition coefficient (Wildman–Crippen LogP) is 1.49. The Kier molecular flexibility index (Phi) is 5.17. The Morgan fingerprint density at radius 3 is 2.95 bits per heavy atom. The number of rotatable bonds is 5. The highest BCUT2D eigenvalue weighted by atomic mass is 32.2. The zero-order chi connectivity index (χ0) is 14.6. The molecule has 0 bridgehead atoms. The minimum Gasteiger partial charge on any atom is -0.392 e. The van der Waals surface area contributed by atoms with E-state index in [2.05, 4.69) is 17.1 Å². The molecule has 1 aromatic heterocycles. The van der Waals surface area contributed by atoms with Gasteiger partial charge in [0.25, 0.3) is 10.0 Å². The molecule has 7 heteroatoms. The van der Waals surface area contributed by atoms with E-state index >= 15 is 0 Å². The smallest absolute Gasteiger partial charge is 0.260 e. The second-order valence-corrected chi connectivity index (χ2v) is 7.25. The molecule has 0 radical (unpaired) electrons. The second-order valence-electron chi connectivity index (χ2n) is 5.37. The quantitative estimate of drug-likeness (QED) is 0.863. The Morgan fingerprint density at radius 1 is 1.45 bits per heavy atom. The molecule has 6 nitrogen and oxygen atoms in total. The molecule has 1 atom stereocenters. The highest BCUT2D eigenvalue weighted by Gasteiger charge is 2.30. The van der Waals surface area contributed by atoms with E-state index in [4.69, 9.17) is 0 Å². The Hall–Kier alpha value is -0.920. The molecule has 1 fully saturated rings. The Morgan fingerprint density at radius 2 is 2.25 bits per heavy atom. The predicted molar refractivity (Wildman–Crippen MR) is 75.5 cm³/mol. The molecule has 2 heterocycles. The standard InChI is InChI=1S/C13H23N3O3S/c1-2-4-11-5-3-7-16(8-6-11)20(18,19)13-12(10-17)9-14-15-13/h9,11,17H,2-8,10H2,1H3,(H,14,15). The van der Waals surface area contributed by atoms with Gasteiger partial charge in [0.15, 0.2) is 5.03 Å². The van der Waals surface area contributed by atoms with E-state index in [1.54, 1.807) is 0 Å². The van der Waals surface area contributed by atoms with Crippen molar-refractivity contribution >= 4 is 10.0 Å². The van der Waals surface area contributed by atoms with Crippen LogP contribution in [0.2, 0.25) is 0 Å². The molecule has 1 aromatic rings. The molecular weight excluding hydrogens is 278 g/mol. The number of sulfonamides is 1. The van der Waals surface area contributed by atoms with Crippen LogP contribution in [-0.4, -0.2) is 41.1 Å². The molecule has 2 N–H and O–H groups in total. The van der Waals surface area contributed by atoms with Gasteiger partial charge in [-0.2, -0.15) is 9.40 Å². The summed E-state index contributed by atoms with van der Waals surface area (Å²) >= 11 is 0. The summed E-state index contributed by atoms with van der Waals surface area (Å²) < 4.78 is 26.7. The average Bonchev–Trinajstić information content (AvgIpc) is 2.79. The number of aromatic amines is 1. The van der Waals surface area contributed by atoms with E-state index in [-0.39, 0.29) is 11.6 Å². The zero-order valence-corrected chi connectivity index (χ0v) is 12.7. The second kappa shape index (κ2) is 6.69. The van der Waals surface area contributed by atoms with Crippen molar-refractivity contribution in [3.05, 3.63) is 11.8 Å². The number of hydrogen-bond acceptors (Lipinski definition) is 4. The zero-order valence-electron chi connectivity index (χ0n) is 11.9. The summed E-state index contributed by atoms with van der Waals surface area (Å²) in [5.41, 5.74) is 0.333. The van der Waals surface area contributed by atoms with Crippen LogP contribution in [0.15, 0.2) is 11.2 Å². The van der Waals surface area contributed by atoms with Crippen LogP contribution in [0.1, 0.15) is 44.6 Å². The third kappa shape index (κ3) is 3.21. The molecule has 1 unspecified atom stereocenters. The largest absolute Gasteiger partial charge is 0.392 e. The normalized spacial score (nSPS) is 21.8. The van der Waals surface area contributed by atoms with Gasteiger partial charge in [-0.3, -0.25) is 5.10 Å². The lowest BCUT2D eigenvalue weighted by molar-refractivity contribution is 0.278. The summed E-state index contributed by atoms with van der Waals surface area (Å²) in [5, 5.41) is 15.5. The summed E-state index contributed by atoms with van der Waals surface area (Å²) in [7, 11) is -3.57. The van der Waals surface area contributed by atoms with E-state index in [0.717, 1.165) is 25.7 Å². The molecule has 114 valence electrons. The van der Waals surface area contributed by atoms with Crippen molar-refractivity contribution in [3.63, 3.8) is 0 Å². The van der Waals surface area contributed by atoms with Crippen molar-refractivity contribution in [3.8, 4) is 0 Å². The SMILES string of the molecule is CCCC1CCCN(S(=O)(=O)c2[nH]ncc2CO)CC1. The first-order valence-electron chi connectivity index (χ1n) is 7.22. The number of aliphatic hydroxyl groups excluding tert-OH is 1. The molecule has 1 saturated heterocycles. The lowest BCUT2D eigenvalue weighted by atomic mass is 9.96. The molecule has 2 rings (SSSR count). The van der Waals surface area contributed by atoms with Crippen molar-refractivity contribution in [2.24, 2.45) is 5.92 Å². The number of nitrogens with one attached hydrogen (secondary N) is 1. The van der Waals surface area contributed by atoms with Gasteiger partial charge in [-0.05, 0) is 25.2 Å². The van der Waals surface area contributed by atoms with Gasteiger partial charge in [0.1, 0.15) is 0 Å². The van der Waals surface area contributed by atoms with Gasteiger partial charge < -0.3 is 5.11 Å². The van der Waals surface area contributed by atoms with Crippen molar-refractivity contribution in [2.75, 3.05) is 13.1 Å². The maximum atomic E-state index is 12.6. The van der Waals surface area contributed by atoms with Crippen molar-refractivity contribution < 1.29 is 13.5 Å². The third-order valence-electron chi connectivity index (χ3n) is 3.95. The number of nitrogens with zero attached hydrogens (tertiary/aromatic N) is 2. The molecular formula is C13H23N3O3S. The summed E-state index contributed by atoms with van der Waals surface area (Å²) in [5.74, 6) is 0.624. The first-order valence-corrected chi connectivity index (χ1v) is 8.66. The van der Waals surface area contributed by atoms with Crippen LogP contribution < -0.4 is 0 Å². The lowest BCUT2D eigenvalue weighted by Gasteiger charge is -2.19. The molecule has 0 aliphatic carbocycles. The van der Waals surface area contributed by atoms with Gasteiger partial charge in [0.05, 0.1) is 12.8 Å². The van der Waals surface area contributed by atoms with Gasteiger partial charge in [-0.25, -0.2) is 8.42 Å². The molecule has 0 amide bonds. The molecule has 1 aliphatic heterocycles. The van der Waals surface area contributed by atoms with Gasteiger partial charge in [-0.15, -0.1) is 0 Å². The fourth-order valence-electron chi connectivity index (χ4n) is 2.84. The first-order chi connectivity index (χ1) is 9.59.